The van der Waals surface area contributed by atoms with Crippen LogP contribution in [0.2, 0.25) is 0 Å². The number of carbonyl (C=O) groups excluding carboxylic acids is 2. The normalized spacial score (nSPS) is 20.9. The molecule has 154 valence electrons. The van der Waals surface area contributed by atoms with E-state index in [4.69, 9.17) is 14.2 Å². The summed E-state index contributed by atoms with van der Waals surface area (Å²) in [6.07, 6.45) is 1.25. The molecule has 0 spiro atoms. The molecule has 2 fully saturated rings. The van der Waals surface area contributed by atoms with Crippen LogP contribution >= 0.6 is 0 Å². The van der Waals surface area contributed by atoms with Gasteiger partial charge in [0.1, 0.15) is 5.82 Å². The van der Waals surface area contributed by atoms with Crippen molar-refractivity contribution in [1.29, 1.82) is 0 Å². The Bertz CT molecular complexity index is 655. The zero-order valence-electron chi connectivity index (χ0n) is 16.1. The van der Waals surface area contributed by atoms with Crippen LogP contribution < -0.4 is 4.90 Å². The molecule has 0 aliphatic carbocycles. The fraction of sp³-hybridized carbons (Fsp3) is 0.600. The van der Waals surface area contributed by atoms with Crippen molar-refractivity contribution in [2.45, 2.75) is 32.0 Å². The van der Waals surface area contributed by atoms with E-state index in [1.54, 1.807) is 24.0 Å². The van der Waals surface area contributed by atoms with Crippen molar-refractivity contribution in [3.05, 3.63) is 30.1 Å². The van der Waals surface area contributed by atoms with E-state index < -0.39 is 12.1 Å². The summed E-state index contributed by atoms with van der Waals surface area (Å²) in [5.41, 5.74) is 0.928. The molecule has 0 saturated carbocycles. The van der Waals surface area contributed by atoms with Gasteiger partial charge >= 0.3 is 5.97 Å². The molecule has 2 aliphatic heterocycles. The Labute approximate surface area is 164 Å². The number of hydrogen-bond acceptors (Lipinski definition) is 6. The highest BCUT2D eigenvalue weighted by Gasteiger charge is 2.24. The quantitative estimate of drug-likeness (QED) is 0.655. The summed E-state index contributed by atoms with van der Waals surface area (Å²) in [4.78, 5) is 28.1. The Morgan fingerprint density at radius 1 is 1.21 bits per heavy atom. The van der Waals surface area contributed by atoms with E-state index in [0.29, 0.717) is 32.8 Å². The second kappa shape index (κ2) is 9.84. The van der Waals surface area contributed by atoms with Gasteiger partial charge in [-0.05, 0) is 44.0 Å². The second-order valence-corrected chi connectivity index (χ2v) is 7.06. The monoisotopic (exact) mass is 394 g/mol. The molecule has 28 heavy (non-hydrogen) atoms. The molecule has 2 heterocycles. The number of ether oxygens (including phenoxy) is 3. The molecule has 1 amide bonds. The molecule has 0 N–H and O–H groups in total. The van der Waals surface area contributed by atoms with Crippen LogP contribution in [-0.2, 0) is 23.8 Å². The number of benzene rings is 1. The largest absolute Gasteiger partial charge is 0.454 e. The first-order chi connectivity index (χ1) is 13.5. The van der Waals surface area contributed by atoms with Crippen molar-refractivity contribution in [2.75, 3.05) is 50.9 Å². The smallest absolute Gasteiger partial charge is 0.335 e. The van der Waals surface area contributed by atoms with E-state index in [1.165, 1.54) is 12.1 Å². The fourth-order valence-corrected chi connectivity index (χ4v) is 3.30. The number of rotatable bonds is 7. The van der Waals surface area contributed by atoms with Gasteiger partial charge in [-0.2, -0.15) is 0 Å². The highest BCUT2D eigenvalue weighted by Crippen LogP contribution is 2.17. The van der Waals surface area contributed by atoms with Gasteiger partial charge in [-0.1, -0.05) is 0 Å². The molecule has 2 unspecified atom stereocenters. The zero-order chi connectivity index (χ0) is 19.9. The molecule has 7 nitrogen and oxygen atoms in total. The Hall–Kier alpha value is -2.19. The fourth-order valence-electron chi connectivity index (χ4n) is 3.30. The van der Waals surface area contributed by atoms with E-state index in [2.05, 4.69) is 4.90 Å². The first kappa shape index (κ1) is 20.5. The van der Waals surface area contributed by atoms with Gasteiger partial charge in [-0.15, -0.1) is 0 Å². The second-order valence-electron chi connectivity index (χ2n) is 7.06. The number of amides is 1. The van der Waals surface area contributed by atoms with Crippen molar-refractivity contribution < 1.29 is 28.2 Å². The topological polar surface area (TPSA) is 68.3 Å². The lowest BCUT2D eigenvalue weighted by Crippen LogP contribution is -2.50. The van der Waals surface area contributed by atoms with Gasteiger partial charge in [0.15, 0.2) is 12.7 Å². The van der Waals surface area contributed by atoms with Gasteiger partial charge < -0.3 is 24.0 Å². The van der Waals surface area contributed by atoms with Crippen molar-refractivity contribution >= 4 is 17.6 Å². The van der Waals surface area contributed by atoms with Crippen LogP contribution in [0.25, 0.3) is 0 Å². The minimum absolute atomic E-state index is 0.0364. The summed E-state index contributed by atoms with van der Waals surface area (Å²) in [5.74, 6) is -1.04. The maximum atomic E-state index is 13.0. The maximum absolute atomic E-state index is 13.0. The third kappa shape index (κ3) is 5.65. The number of carbonyl (C=O) groups is 2. The van der Waals surface area contributed by atoms with Crippen molar-refractivity contribution in [1.82, 2.24) is 4.90 Å². The molecule has 0 bridgehead atoms. The molecule has 2 atom stereocenters. The van der Waals surface area contributed by atoms with Crippen LogP contribution in [-0.4, -0.2) is 75.0 Å². The van der Waals surface area contributed by atoms with Crippen LogP contribution in [0, 0.1) is 5.82 Å². The molecule has 8 heteroatoms. The van der Waals surface area contributed by atoms with Gasteiger partial charge in [0, 0.05) is 38.5 Å². The summed E-state index contributed by atoms with van der Waals surface area (Å²) in [5, 5.41) is 0. The first-order valence-corrected chi connectivity index (χ1v) is 9.71. The van der Waals surface area contributed by atoms with E-state index >= 15 is 0 Å². The van der Waals surface area contributed by atoms with Gasteiger partial charge in [-0.25, -0.2) is 9.18 Å². The lowest BCUT2D eigenvalue weighted by molar-refractivity contribution is -0.162. The lowest BCUT2D eigenvalue weighted by atomic mass is 10.2. The average Bonchev–Trinajstić information content (AvgIpc) is 3.24. The van der Waals surface area contributed by atoms with Gasteiger partial charge in [0.25, 0.3) is 5.91 Å². The standard InChI is InChI=1S/C20H27FN2O5/c1-15(27-13-18-3-2-12-26-18)20(25)28-14-19(24)23-10-8-22(9-11-23)17-6-4-16(21)5-7-17/h4-7,15,18H,2-3,8-14H2,1H3. The van der Waals surface area contributed by atoms with Crippen LogP contribution in [0.4, 0.5) is 10.1 Å². The predicted octanol–water partition coefficient (Wildman–Crippen LogP) is 1.60. The number of halogens is 1. The number of anilines is 1. The molecular weight excluding hydrogens is 367 g/mol. The van der Waals surface area contributed by atoms with Crippen molar-refractivity contribution in [3.63, 3.8) is 0 Å². The SMILES string of the molecule is CC(OCC1CCCO1)C(=O)OCC(=O)N1CCN(c2ccc(F)cc2)CC1. The van der Waals surface area contributed by atoms with Gasteiger partial charge in [-0.3, -0.25) is 4.79 Å². The van der Waals surface area contributed by atoms with E-state index in [0.717, 1.165) is 25.1 Å². The van der Waals surface area contributed by atoms with Crippen LogP contribution in [0.1, 0.15) is 19.8 Å². The number of nitrogens with zero attached hydrogens (tertiary/aromatic N) is 2. The molecule has 1 aromatic carbocycles. The Balaban J connectivity index is 1.35. The highest BCUT2D eigenvalue weighted by molar-refractivity contribution is 5.82. The van der Waals surface area contributed by atoms with Crippen LogP contribution in [0.5, 0.6) is 0 Å². The summed E-state index contributed by atoms with van der Waals surface area (Å²) >= 11 is 0. The molecule has 0 radical (unpaired) electrons. The van der Waals surface area contributed by atoms with Crippen molar-refractivity contribution in [3.8, 4) is 0 Å². The Morgan fingerprint density at radius 2 is 1.93 bits per heavy atom. The third-order valence-corrected chi connectivity index (χ3v) is 5.05. The Kier molecular flexibility index (Phi) is 7.22. The molecule has 2 saturated heterocycles. The molecule has 2 aliphatic rings. The van der Waals surface area contributed by atoms with Crippen LogP contribution in [0.3, 0.4) is 0 Å². The highest BCUT2D eigenvalue weighted by atomic mass is 19.1. The van der Waals surface area contributed by atoms with E-state index in [-0.39, 0.29) is 24.4 Å². The van der Waals surface area contributed by atoms with Crippen molar-refractivity contribution in [2.24, 2.45) is 0 Å². The molecular formula is C20H27FN2O5. The Morgan fingerprint density at radius 3 is 2.57 bits per heavy atom. The lowest BCUT2D eigenvalue weighted by Gasteiger charge is -2.36. The summed E-state index contributed by atoms with van der Waals surface area (Å²) in [6, 6.07) is 6.31. The summed E-state index contributed by atoms with van der Waals surface area (Å²) in [6.45, 7) is 4.76. The van der Waals surface area contributed by atoms with Crippen LogP contribution in [0.15, 0.2) is 24.3 Å². The number of hydrogen-bond donors (Lipinski definition) is 0. The van der Waals surface area contributed by atoms with Gasteiger partial charge in [0.2, 0.25) is 0 Å². The predicted molar refractivity (Wildman–Crippen MR) is 101 cm³/mol. The minimum atomic E-state index is -0.729. The summed E-state index contributed by atoms with van der Waals surface area (Å²) in [7, 11) is 0. The first-order valence-electron chi connectivity index (χ1n) is 9.71. The number of piperazine rings is 1. The molecule has 0 aromatic heterocycles. The minimum Gasteiger partial charge on any atom is -0.454 e. The molecule has 3 rings (SSSR count). The number of esters is 1. The maximum Gasteiger partial charge on any atom is 0.335 e. The molecule has 1 aromatic rings. The average molecular weight is 394 g/mol. The van der Waals surface area contributed by atoms with E-state index in [1.807, 2.05) is 0 Å². The van der Waals surface area contributed by atoms with Gasteiger partial charge in [0.05, 0.1) is 12.7 Å². The summed E-state index contributed by atoms with van der Waals surface area (Å²) < 4.78 is 29.1. The van der Waals surface area contributed by atoms with E-state index in [9.17, 15) is 14.0 Å². The third-order valence-electron chi connectivity index (χ3n) is 5.05. The zero-order valence-corrected chi connectivity index (χ0v) is 16.1.